The van der Waals surface area contributed by atoms with Gasteiger partial charge in [0.15, 0.2) is 23.2 Å². The largest absolute Gasteiger partial charge is 0.294 e. The monoisotopic (exact) mass is 270 g/mol. The maximum atomic E-state index is 13.6. The molecule has 0 N–H and O–H groups in total. The van der Waals surface area contributed by atoms with Crippen LogP contribution in [-0.2, 0) is 0 Å². The van der Waals surface area contributed by atoms with Crippen LogP contribution in [0.1, 0.15) is 43.5 Å². The molecule has 4 heteroatoms. The molecule has 2 atom stereocenters. The van der Waals surface area contributed by atoms with Crippen molar-refractivity contribution in [1.29, 1.82) is 0 Å². The minimum atomic E-state index is -1.57. The van der Waals surface area contributed by atoms with Crippen LogP contribution in [0.5, 0.6) is 0 Å². The minimum absolute atomic E-state index is 0.293. The maximum Gasteiger partial charge on any atom is 0.195 e. The predicted molar refractivity (Wildman–Crippen MR) is 66.3 cm³/mol. The van der Waals surface area contributed by atoms with Gasteiger partial charge in [0.1, 0.15) is 0 Å². The number of ketones is 1. The highest BCUT2D eigenvalue weighted by molar-refractivity contribution is 5.98. The number of Topliss-reactive ketones (excluding diaryl/α,β-unsaturated/α-hetero) is 1. The van der Waals surface area contributed by atoms with Crippen LogP contribution < -0.4 is 0 Å². The summed E-state index contributed by atoms with van der Waals surface area (Å²) in [6.45, 7) is 4.11. The van der Waals surface area contributed by atoms with Gasteiger partial charge in [-0.15, -0.1) is 0 Å². The van der Waals surface area contributed by atoms with E-state index in [-0.39, 0.29) is 11.5 Å². The van der Waals surface area contributed by atoms with Gasteiger partial charge >= 0.3 is 0 Å². The third-order valence-corrected chi connectivity index (χ3v) is 3.85. The Morgan fingerprint density at radius 2 is 1.58 bits per heavy atom. The number of hydrogen-bond donors (Lipinski definition) is 0. The van der Waals surface area contributed by atoms with Crippen LogP contribution in [0, 0.1) is 35.2 Å². The Labute approximate surface area is 110 Å². The zero-order valence-electron chi connectivity index (χ0n) is 11.1. The molecule has 2 unspecified atom stereocenters. The Bertz CT molecular complexity index is 488. The number of hydrogen-bond acceptors (Lipinski definition) is 1. The van der Waals surface area contributed by atoms with Gasteiger partial charge in [0.25, 0.3) is 0 Å². The lowest BCUT2D eigenvalue weighted by Crippen LogP contribution is -2.27. The molecule has 1 aromatic rings. The summed E-state index contributed by atoms with van der Waals surface area (Å²) in [6.07, 6.45) is 2.41. The summed E-state index contributed by atoms with van der Waals surface area (Å²) in [6, 6.07) is 1.85. The van der Waals surface area contributed by atoms with Crippen LogP contribution in [0.25, 0.3) is 0 Å². The van der Waals surface area contributed by atoms with Crippen molar-refractivity contribution in [3.63, 3.8) is 0 Å². The molecule has 2 rings (SSSR count). The molecule has 1 fully saturated rings. The number of rotatable bonds is 2. The zero-order chi connectivity index (χ0) is 14.2. The Balaban J connectivity index is 2.27. The van der Waals surface area contributed by atoms with Gasteiger partial charge in [-0.2, -0.15) is 0 Å². The summed E-state index contributed by atoms with van der Waals surface area (Å²) >= 11 is 0. The fourth-order valence-corrected chi connectivity index (χ4v) is 3.10. The van der Waals surface area contributed by atoms with Crippen LogP contribution in [0.2, 0.25) is 0 Å². The molecule has 104 valence electrons. The molecule has 19 heavy (non-hydrogen) atoms. The molecule has 1 aromatic carbocycles. The predicted octanol–water partition coefficient (Wildman–Crippen LogP) is 4.36. The molecule has 0 heterocycles. The van der Waals surface area contributed by atoms with Gasteiger partial charge in [-0.1, -0.05) is 13.8 Å². The van der Waals surface area contributed by atoms with Crippen molar-refractivity contribution in [1.82, 2.24) is 0 Å². The second kappa shape index (κ2) is 5.35. The summed E-state index contributed by atoms with van der Waals surface area (Å²) in [5.74, 6) is -4.11. The topological polar surface area (TPSA) is 17.1 Å². The summed E-state index contributed by atoms with van der Waals surface area (Å²) in [5.41, 5.74) is -0.329. The first kappa shape index (κ1) is 14.1. The molecule has 0 radical (unpaired) electrons. The average molecular weight is 270 g/mol. The Kier molecular flexibility index (Phi) is 3.97. The molecular formula is C15H17F3O. The van der Waals surface area contributed by atoms with Crippen molar-refractivity contribution in [3.05, 3.63) is 35.1 Å². The number of carbonyl (C=O) groups excluding carboxylic acids is 1. The van der Waals surface area contributed by atoms with Crippen molar-refractivity contribution in [2.75, 3.05) is 0 Å². The third kappa shape index (κ3) is 2.82. The van der Waals surface area contributed by atoms with Gasteiger partial charge in [-0.25, -0.2) is 13.2 Å². The number of halogens is 3. The smallest absolute Gasteiger partial charge is 0.195 e. The van der Waals surface area contributed by atoms with E-state index in [1.165, 1.54) is 0 Å². The second-order valence-corrected chi connectivity index (χ2v) is 5.70. The molecule has 0 amide bonds. The summed E-state index contributed by atoms with van der Waals surface area (Å²) in [7, 11) is 0. The maximum absolute atomic E-state index is 13.6. The van der Waals surface area contributed by atoms with Crippen LogP contribution in [-0.4, -0.2) is 5.78 Å². The lowest BCUT2D eigenvalue weighted by molar-refractivity contribution is 0.0830. The molecule has 0 saturated heterocycles. The van der Waals surface area contributed by atoms with Gasteiger partial charge in [0, 0.05) is 5.92 Å². The molecule has 0 bridgehead atoms. The Hall–Kier alpha value is -1.32. The molecule has 1 nitrogen and oxygen atoms in total. The molecule has 1 aliphatic rings. The number of carbonyl (C=O) groups is 1. The van der Waals surface area contributed by atoms with Gasteiger partial charge < -0.3 is 0 Å². The van der Waals surface area contributed by atoms with Gasteiger partial charge in [0.05, 0.1) is 5.56 Å². The highest BCUT2D eigenvalue weighted by Gasteiger charge is 2.31. The summed E-state index contributed by atoms with van der Waals surface area (Å²) in [4.78, 5) is 12.2. The van der Waals surface area contributed by atoms with Crippen molar-refractivity contribution in [2.24, 2.45) is 17.8 Å². The fraction of sp³-hybridized carbons (Fsp3) is 0.533. The minimum Gasteiger partial charge on any atom is -0.294 e. The highest BCUT2D eigenvalue weighted by atomic mass is 19.2. The highest BCUT2D eigenvalue weighted by Crippen LogP contribution is 2.35. The van der Waals surface area contributed by atoms with E-state index >= 15 is 0 Å². The summed E-state index contributed by atoms with van der Waals surface area (Å²) < 4.78 is 39.7. The third-order valence-electron chi connectivity index (χ3n) is 3.85. The van der Waals surface area contributed by atoms with Crippen molar-refractivity contribution in [3.8, 4) is 0 Å². The van der Waals surface area contributed by atoms with Crippen LogP contribution in [0.15, 0.2) is 12.1 Å². The molecule has 0 spiro atoms. The quantitative estimate of drug-likeness (QED) is 0.576. The average Bonchev–Trinajstić information content (AvgIpc) is 2.34. The fourth-order valence-electron chi connectivity index (χ4n) is 3.10. The van der Waals surface area contributed by atoms with E-state index in [0.29, 0.717) is 24.7 Å². The van der Waals surface area contributed by atoms with E-state index in [1.807, 2.05) is 0 Å². The molecule has 0 aliphatic heterocycles. The van der Waals surface area contributed by atoms with E-state index in [1.54, 1.807) is 0 Å². The Morgan fingerprint density at radius 1 is 1.00 bits per heavy atom. The molecular weight excluding hydrogens is 253 g/mol. The molecule has 0 aromatic heterocycles. The van der Waals surface area contributed by atoms with E-state index in [4.69, 9.17) is 0 Å². The summed E-state index contributed by atoms with van der Waals surface area (Å²) in [5, 5.41) is 0. The van der Waals surface area contributed by atoms with E-state index in [0.717, 1.165) is 18.6 Å². The first-order valence-electron chi connectivity index (χ1n) is 6.57. The van der Waals surface area contributed by atoms with Gasteiger partial charge in [-0.3, -0.25) is 4.79 Å². The van der Waals surface area contributed by atoms with Gasteiger partial charge in [-0.05, 0) is 43.2 Å². The van der Waals surface area contributed by atoms with Crippen LogP contribution >= 0.6 is 0 Å². The van der Waals surface area contributed by atoms with Crippen molar-refractivity contribution >= 4 is 5.78 Å². The van der Waals surface area contributed by atoms with Crippen molar-refractivity contribution < 1.29 is 18.0 Å². The lowest BCUT2D eigenvalue weighted by atomic mass is 9.74. The first-order valence-corrected chi connectivity index (χ1v) is 6.57. The SMILES string of the molecule is CC1CC(C)CC(C(=O)c2ccc(F)c(F)c2F)C1. The Morgan fingerprint density at radius 3 is 2.16 bits per heavy atom. The standard InChI is InChI=1S/C15H17F3O/c1-8-5-9(2)7-10(6-8)15(19)11-3-4-12(16)14(18)13(11)17/h3-4,8-10H,5-7H2,1-2H3. The van der Waals surface area contributed by atoms with E-state index in [9.17, 15) is 18.0 Å². The number of benzene rings is 1. The van der Waals surface area contributed by atoms with Gasteiger partial charge in [0.2, 0.25) is 0 Å². The molecule has 1 saturated carbocycles. The molecule has 1 aliphatic carbocycles. The van der Waals surface area contributed by atoms with E-state index in [2.05, 4.69) is 13.8 Å². The normalized spacial score (nSPS) is 27.3. The lowest BCUT2D eigenvalue weighted by Gasteiger charge is -2.30. The van der Waals surface area contributed by atoms with E-state index < -0.39 is 23.2 Å². The van der Waals surface area contributed by atoms with Crippen LogP contribution in [0.4, 0.5) is 13.2 Å². The first-order chi connectivity index (χ1) is 8.90. The van der Waals surface area contributed by atoms with Crippen molar-refractivity contribution in [2.45, 2.75) is 33.1 Å². The zero-order valence-corrected chi connectivity index (χ0v) is 11.1. The van der Waals surface area contributed by atoms with Crippen LogP contribution in [0.3, 0.4) is 0 Å². The second-order valence-electron chi connectivity index (χ2n) is 5.70.